The Morgan fingerprint density at radius 3 is 2.48 bits per heavy atom. The van der Waals surface area contributed by atoms with Crippen LogP contribution >= 0.6 is 0 Å². The summed E-state index contributed by atoms with van der Waals surface area (Å²) >= 11 is 0. The number of aromatic amines is 1. The summed E-state index contributed by atoms with van der Waals surface area (Å²) in [5, 5.41) is 2.85. The predicted molar refractivity (Wildman–Crippen MR) is 73.4 cm³/mol. The Morgan fingerprint density at radius 2 is 2.00 bits per heavy atom. The molecule has 0 aliphatic carbocycles. The summed E-state index contributed by atoms with van der Waals surface area (Å²) in [7, 11) is 0. The molecule has 3 N–H and O–H groups in total. The lowest BCUT2D eigenvalue weighted by Crippen LogP contribution is -2.19. The summed E-state index contributed by atoms with van der Waals surface area (Å²) in [5.74, 6) is 0.0169. The number of hydrogen-bond acceptors (Lipinski definition) is 2. The van der Waals surface area contributed by atoms with Crippen molar-refractivity contribution < 1.29 is 13.2 Å². The van der Waals surface area contributed by atoms with E-state index in [1.54, 1.807) is 0 Å². The number of nitrogens with one attached hydrogen (secondary N) is 1. The van der Waals surface area contributed by atoms with Gasteiger partial charge in [0.25, 0.3) is 5.56 Å². The summed E-state index contributed by atoms with van der Waals surface area (Å²) in [4.78, 5) is 12.3. The summed E-state index contributed by atoms with van der Waals surface area (Å²) in [6.07, 6.45) is -4.45. The van der Waals surface area contributed by atoms with Gasteiger partial charge in [-0.1, -0.05) is 19.9 Å². The van der Waals surface area contributed by atoms with E-state index in [0.29, 0.717) is 11.3 Å². The summed E-state index contributed by atoms with van der Waals surface area (Å²) in [6, 6.07) is 4.60. The van der Waals surface area contributed by atoms with E-state index in [-0.39, 0.29) is 18.2 Å². The van der Waals surface area contributed by atoms with Gasteiger partial charge >= 0.3 is 6.18 Å². The molecule has 1 aromatic heterocycles. The van der Waals surface area contributed by atoms with Crippen LogP contribution in [0.25, 0.3) is 5.69 Å². The lowest BCUT2D eigenvalue weighted by Gasteiger charge is -2.09. The third-order valence-corrected chi connectivity index (χ3v) is 3.23. The summed E-state index contributed by atoms with van der Waals surface area (Å²) in [5.41, 5.74) is 5.51. The molecule has 114 valence electrons. The SMILES string of the molecule is CC(C)c1[nH]n(-c2cccc(C(F)(F)F)c2)c(=O)c1CN. The molecule has 0 bridgehead atoms. The van der Waals surface area contributed by atoms with Crippen molar-refractivity contribution in [3.63, 3.8) is 0 Å². The van der Waals surface area contributed by atoms with E-state index in [4.69, 9.17) is 5.73 Å². The molecule has 0 atom stereocenters. The molecule has 0 aliphatic rings. The van der Waals surface area contributed by atoms with E-state index >= 15 is 0 Å². The Labute approximate surface area is 119 Å². The minimum atomic E-state index is -4.45. The standard InChI is InChI=1S/C14H16F3N3O/c1-8(2)12-11(7-18)13(21)20(19-12)10-5-3-4-9(6-10)14(15,16)17/h3-6,8,19H,7,18H2,1-2H3. The molecular formula is C14H16F3N3O. The maximum absolute atomic E-state index is 12.7. The highest BCUT2D eigenvalue weighted by molar-refractivity contribution is 5.38. The van der Waals surface area contributed by atoms with Gasteiger partial charge in [0, 0.05) is 12.2 Å². The first kappa shape index (κ1) is 15.4. The Hall–Kier alpha value is -2.02. The van der Waals surface area contributed by atoms with Gasteiger partial charge in [0.1, 0.15) is 0 Å². The van der Waals surface area contributed by atoms with E-state index in [9.17, 15) is 18.0 Å². The summed E-state index contributed by atoms with van der Waals surface area (Å²) < 4.78 is 39.3. The highest BCUT2D eigenvalue weighted by Gasteiger charge is 2.30. The maximum atomic E-state index is 12.7. The molecule has 7 heteroatoms. The summed E-state index contributed by atoms with van der Waals surface area (Å²) in [6.45, 7) is 3.79. The molecule has 0 radical (unpaired) electrons. The van der Waals surface area contributed by atoms with Crippen molar-refractivity contribution in [3.8, 4) is 5.69 Å². The van der Waals surface area contributed by atoms with Crippen LogP contribution in [0.2, 0.25) is 0 Å². The third kappa shape index (κ3) is 2.87. The first-order chi connectivity index (χ1) is 9.75. The Morgan fingerprint density at radius 1 is 1.33 bits per heavy atom. The fraction of sp³-hybridized carbons (Fsp3) is 0.357. The minimum Gasteiger partial charge on any atom is -0.326 e. The van der Waals surface area contributed by atoms with Gasteiger partial charge in [-0.05, 0) is 24.1 Å². The largest absolute Gasteiger partial charge is 0.416 e. The van der Waals surface area contributed by atoms with E-state index in [1.807, 2.05) is 13.8 Å². The van der Waals surface area contributed by atoms with Crippen molar-refractivity contribution in [2.45, 2.75) is 32.5 Å². The normalized spacial score (nSPS) is 12.1. The first-order valence-corrected chi connectivity index (χ1v) is 6.47. The molecule has 0 fully saturated rings. The Bertz CT molecular complexity index is 698. The quantitative estimate of drug-likeness (QED) is 0.915. The topological polar surface area (TPSA) is 63.8 Å². The van der Waals surface area contributed by atoms with Gasteiger partial charge in [-0.15, -0.1) is 0 Å². The van der Waals surface area contributed by atoms with Crippen LogP contribution in [0.5, 0.6) is 0 Å². The molecule has 4 nitrogen and oxygen atoms in total. The molecule has 2 aromatic rings. The average molecular weight is 299 g/mol. The molecular weight excluding hydrogens is 283 g/mol. The number of nitrogens with two attached hydrogens (primary N) is 1. The van der Waals surface area contributed by atoms with Gasteiger partial charge in [-0.25, -0.2) is 4.68 Å². The monoisotopic (exact) mass is 299 g/mol. The van der Waals surface area contributed by atoms with E-state index in [2.05, 4.69) is 5.10 Å². The molecule has 1 heterocycles. The van der Waals surface area contributed by atoms with Gasteiger partial charge in [-0.3, -0.25) is 9.89 Å². The van der Waals surface area contributed by atoms with Crippen molar-refractivity contribution in [1.82, 2.24) is 9.78 Å². The average Bonchev–Trinajstić information content (AvgIpc) is 2.75. The zero-order valence-corrected chi connectivity index (χ0v) is 11.7. The molecule has 21 heavy (non-hydrogen) atoms. The second-order valence-electron chi connectivity index (χ2n) is 5.05. The fourth-order valence-electron chi connectivity index (χ4n) is 2.17. The second-order valence-corrected chi connectivity index (χ2v) is 5.05. The first-order valence-electron chi connectivity index (χ1n) is 6.47. The number of rotatable bonds is 3. The van der Waals surface area contributed by atoms with Gasteiger partial charge in [0.15, 0.2) is 0 Å². The van der Waals surface area contributed by atoms with Gasteiger partial charge in [-0.2, -0.15) is 13.2 Å². The molecule has 0 unspecified atom stereocenters. The molecule has 0 spiro atoms. The predicted octanol–water partition coefficient (Wildman–Crippen LogP) is 2.77. The third-order valence-electron chi connectivity index (χ3n) is 3.23. The lowest BCUT2D eigenvalue weighted by atomic mass is 10.1. The van der Waals surface area contributed by atoms with Crippen molar-refractivity contribution >= 4 is 0 Å². The van der Waals surface area contributed by atoms with E-state index in [0.717, 1.165) is 16.8 Å². The Balaban J connectivity index is 2.60. The number of benzene rings is 1. The van der Waals surface area contributed by atoms with Crippen molar-refractivity contribution in [1.29, 1.82) is 0 Å². The van der Waals surface area contributed by atoms with Crippen LogP contribution in [0.15, 0.2) is 29.1 Å². The molecule has 0 aliphatic heterocycles. The van der Waals surface area contributed by atoms with E-state index in [1.165, 1.54) is 12.1 Å². The van der Waals surface area contributed by atoms with Crippen LogP contribution in [0.1, 0.15) is 36.6 Å². The van der Waals surface area contributed by atoms with Crippen LogP contribution in [-0.2, 0) is 12.7 Å². The van der Waals surface area contributed by atoms with Crippen LogP contribution in [0, 0.1) is 0 Å². The molecule has 0 saturated heterocycles. The number of alkyl halides is 3. The van der Waals surface area contributed by atoms with Crippen molar-refractivity contribution in [2.75, 3.05) is 0 Å². The van der Waals surface area contributed by atoms with Crippen LogP contribution < -0.4 is 11.3 Å². The minimum absolute atomic E-state index is 0.0169. The number of hydrogen-bond donors (Lipinski definition) is 2. The molecule has 1 aromatic carbocycles. The van der Waals surface area contributed by atoms with Crippen molar-refractivity contribution in [3.05, 3.63) is 51.4 Å². The number of nitrogens with zero attached hydrogens (tertiary/aromatic N) is 1. The fourth-order valence-corrected chi connectivity index (χ4v) is 2.17. The zero-order valence-electron chi connectivity index (χ0n) is 11.7. The van der Waals surface area contributed by atoms with E-state index < -0.39 is 17.3 Å². The lowest BCUT2D eigenvalue weighted by molar-refractivity contribution is -0.137. The number of aromatic nitrogens is 2. The van der Waals surface area contributed by atoms with Crippen molar-refractivity contribution in [2.24, 2.45) is 5.73 Å². The van der Waals surface area contributed by atoms with Gasteiger partial charge in [0.2, 0.25) is 0 Å². The number of halogens is 3. The molecule has 0 amide bonds. The Kier molecular flexibility index (Phi) is 3.95. The zero-order chi connectivity index (χ0) is 15.8. The molecule has 2 rings (SSSR count). The van der Waals surface area contributed by atoms with Crippen LogP contribution in [0.3, 0.4) is 0 Å². The van der Waals surface area contributed by atoms with Gasteiger partial charge < -0.3 is 5.73 Å². The second kappa shape index (κ2) is 5.40. The number of H-pyrrole nitrogens is 1. The highest BCUT2D eigenvalue weighted by Crippen LogP contribution is 2.30. The molecule has 0 saturated carbocycles. The smallest absolute Gasteiger partial charge is 0.326 e. The van der Waals surface area contributed by atoms with Crippen LogP contribution in [-0.4, -0.2) is 9.78 Å². The maximum Gasteiger partial charge on any atom is 0.416 e. The highest BCUT2D eigenvalue weighted by atomic mass is 19.4. The van der Waals surface area contributed by atoms with Gasteiger partial charge in [0.05, 0.1) is 16.8 Å². The van der Waals surface area contributed by atoms with Crippen LogP contribution in [0.4, 0.5) is 13.2 Å².